The van der Waals surface area contributed by atoms with Crippen molar-refractivity contribution in [2.75, 3.05) is 0 Å². The van der Waals surface area contributed by atoms with E-state index in [4.69, 9.17) is 0 Å². The van der Waals surface area contributed by atoms with Crippen molar-refractivity contribution in [1.82, 2.24) is 0 Å². The summed E-state index contributed by atoms with van der Waals surface area (Å²) < 4.78 is 0. The van der Waals surface area contributed by atoms with Crippen LogP contribution in [0.1, 0.15) is 11.1 Å². The van der Waals surface area contributed by atoms with Gasteiger partial charge in [-0.3, -0.25) is 0 Å². The Morgan fingerprint density at radius 3 is 2.90 bits per heavy atom. The molecule has 0 atom stereocenters. The molecule has 0 aromatic heterocycles. The zero-order valence-corrected chi connectivity index (χ0v) is 6.00. The molecule has 0 amide bonds. The molecule has 2 nitrogen and oxygen atoms in total. The van der Waals surface area contributed by atoms with E-state index in [2.05, 4.69) is 0 Å². The van der Waals surface area contributed by atoms with Gasteiger partial charge < -0.3 is 10.7 Å². The van der Waals surface area contributed by atoms with Crippen LogP contribution in [0.25, 0.3) is 0 Å². The molecule has 54 valence electrons. The molecule has 0 heterocycles. The van der Waals surface area contributed by atoms with Crippen LogP contribution in [-0.4, -0.2) is 0 Å². The monoisotopic (exact) mass is 137 g/mol. The first-order chi connectivity index (χ1) is 4.83. The fourth-order valence-electron chi connectivity index (χ4n) is 0.935. The Bertz CT molecular complexity index is 210. The highest BCUT2D eigenvalue weighted by molar-refractivity contribution is 5.21. The predicted octanol–water partition coefficient (Wildman–Crippen LogP) is 0.556. The van der Waals surface area contributed by atoms with Crippen molar-refractivity contribution < 1.29 is 5.48 Å². The number of hydrogen-bond donors (Lipinski definition) is 1. The van der Waals surface area contributed by atoms with Crippen molar-refractivity contribution in [2.45, 2.75) is 13.5 Å². The van der Waals surface area contributed by atoms with Crippen molar-refractivity contribution >= 4 is 0 Å². The Labute approximate surface area is 60.5 Å². The van der Waals surface area contributed by atoms with Gasteiger partial charge in [0.1, 0.15) is 6.54 Å². The Hall–Kier alpha value is -0.860. The van der Waals surface area contributed by atoms with Crippen LogP contribution in [0.2, 0.25) is 0 Å². The zero-order valence-electron chi connectivity index (χ0n) is 6.00. The lowest BCUT2D eigenvalue weighted by Gasteiger charge is -2.01. The van der Waals surface area contributed by atoms with Gasteiger partial charge in [-0.25, -0.2) is 0 Å². The van der Waals surface area contributed by atoms with Gasteiger partial charge in [-0.05, 0) is 6.92 Å². The number of hydrogen-bond acceptors (Lipinski definition) is 1. The van der Waals surface area contributed by atoms with Gasteiger partial charge in [-0.15, -0.1) is 0 Å². The van der Waals surface area contributed by atoms with E-state index in [0.717, 1.165) is 11.0 Å². The van der Waals surface area contributed by atoms with E-state index < -0.39 is 0 Å². The molecule has 0 fully saturated rings. The first-order valence-electron chi connectivity index (χ1n) is 3.32. The average molecular weight is 137 g/mol. The third-order valence-electron chi connectivity index (χ3n) is 1.40. The van der Waals surface area contributed by atoms with Crippen LogP contribution in [0, 0.1) is 12.1 Å². The molecule has 0 aliphatic carbocycles. The van der Waals surface area contributed by atoms with Crippen LogP contribution in [0.4, 0.5) is 0 Å². The number of quaternary nitrogens is 1. The molecular formula is C8H11NO. The summed E-state index contributed by atoms with van der Waals surface area (Å²) in [5.74, 6) is 0. The molecule has 0 saturated heterocycles. The summed E-state index contributed by atoms with van der Waals surface area (Å²) in [5.41, 5.74) is 3.23. The second-order valence-electron chi connectivity index (χ2n) is 2.36. The lowest BCUT2D eigenvalue weighted by molar-refractivity contribution is -0.605. The Balaban J connectivity index is 2.75. The van der Waals surface area contributed by atoms with Crippen LogP contribution >= 0.6 is 0 Å². The summed E-state index contributed by atoms with van der Waals surface area (Å²) in [6.45, 7) is 2.55. The molecule has 1 rings (SSSR count). The highest BCUT2D eigenvalue weighted by Gasteiger charge is 1.89. The number of nitrogens with two attached hydrogens (primary N) is 1. The van der Waals surface area contributed by atoms with Crippen molar-refractivity contribution in [3.05, 3.63) is 40.6 Å². The van der Waals surface area contributed by atoms with E-state index in [1.54, 1.807) is 0 Å². The van der Waals surface area contributed by atoms with Gasteiger partial charge in [0, 0.05) is 5.56 Å². The predicted molar refractivity (Wildman–Crippen MR) is 40.2 cm³/mol. The van der Waals surface area contributed by atoms with Gasteiger partial charge in [-0.2, -0.15) is 0 Å². The van der Waals surface area contributed by atoms with Crippen LogP contribution in [-0.2, 0) is 6.54 Å². The second kappa shape index (κ2) is 3.34. The fourth-order valence-corrected chi connectivity index (χ4v) is 0.935. The van der Waals surface area contributed by atoms with E-state index in [1.165, 1.54) is 5.56 Å². The number of hydroxylamine groups is 1. The lowest BCUT2D eigenvalue weighted by atomic mass is 10.1. The maximum atomic E-state index is 10.1. The van der Waals surface area contributed by atoms with Gasteiger partial charge in [0.25, 0.3) is 0 Å². The maximum Gasteiger partial charge on any atom is 0.101 e. The van der Waals surface area contributed by atoms with E-state index in [9.17, 15) is 5.21 Å². The SMILES string of the molecule is Cc1cccc(C[NH2+][O-])c1. The third kappa shape index (κ3) is 1.83. The van der Waals surface area contributed by atoms with Gasteiger partial charge in [0.2, 0.25) is 0 Å². The third-order valence-corrected chi connectivity index (χ3v) is 1.40. The normalized spacial score (nSPS) is 9.80. The van der Waals surface area contributed by atoms with Crippen molar-refractivity contribution in [2.24, 2.45) is 0 Å². The molecule has 10 heavy (non-hydrogen) atoms. The summed E-state index contributed by atoms with van der Waals surface area (Å²) in [6, 6.07) is 7.97. The highest BCUT2D eigenvalue weighted by atomic mass is 16.5. The van der Waals surface area contributed by atoms with Crippen LogP contribution in [0.5, 0.6) is 0 Å². The van der Waals surface area contributed by atoms with Crippen molar-refractivity contribution in [3.63, 3.8) is 0 Å². The maximum absolute atomic E-state index is 10.1. The molecular weight excluding hydrogens is 126 g/mol. The van der Waals surface area contributed by atoms with Gasteiger partial charge in [0.05, 0.1) is 0 Å². The van der Waals surface area contributed by atoms with Crippen molar-refractivity contribution in [1.29, 1.82) is 0 Å². The summed E-state index contributed by atoms with van der Waals surface area (Å²) in [5, 5.41) is 10.1. The number of rotatable bonds is 2. The number of aryl methyl sites for hydroxylation is 1. The first-order valence-corrected chi connectivity index (χ1v) is 3.32. The van der Waals surface area contributed by atoms with Gasteiger partial charge in [-0.1, -0.05) is 29.8 Å². The zero-order chi connectivity index (χ0) is 7.40. The summed E-state index contributed by atoms with van der Waals surface area (Å²) >= 11 is 0. The molecule has 0 unspecified atom stereocenters. The average Bonchev–Trinajstić information content (AvgIpc) is 1.88. The largest absolute Gasteiger partial charge is 0.636 e. The van der Waals surface area contributed by atoms with Gasteiger partial charge in [0.15, 0.2) is 0 Å². The van der Waals surface area contributed by atoms with E-state index in [1.807, 2.05) is 31.2 Å². The second-order valence-corrected chi connectivity index (χ2v) is 2.36. The van der Waals surface area contributed by atoms with E-state index >= 15 is 0 Å². The Kier molecular flexibility index (Phi) is 2.42. The molecule has 0 aliphatic heterocycles. The van der Waals surface area contributed by atoms with Crippen LogP contribution in [0.15, 0.2) is 24.3 Å². The highest BCUT2D eigenvalue weighted by Crippen LogP contribution is 2.01. The summed E-state index contributed by atoms with van der Waals surface area (Å²) in [4.78, 5) is 0. The smallest absolute Gasteiger partial charge is 0.101 e. The standard InChI is InChI=1S/C8H11NO/c1-7-3-2-4-8(5-7)6-9-10/h2-5H,6,9H2,1H3. The van der Waals surface area contributed by atoms with Gasteiger partial charge >= 0.3 is 0 Å². The topological polar surface area (TPSA) is 39.7 Å². The van der Waals surface area contributed by atoms with E-state index in [0.29, 0.717) is 6.54 Å². The minimum atomic E-state index is 0.529. The molecule has 0 saturated carbocycles. The molecule has 0 radical (unpaired) electrons. The van der Waals surface area contributed by atoms with Crippen molar-refractivity contribution in [3.8, 4) is 0 Å². The summed E-state index contributed by atoms with van der Waals surface area (Å²) in [7, 11) is 0. The first kappa shape index (κ1) is 7.25. The quantitative estimate of drug-likeness (QED) is 0.594. The van der Waals surface area contributed by atoms with Crippen LogP contribution in [0.3, 0.4) is 0 Å². The Morgan fingerprint density at radius 2 is 2.30 bits per heavy atom. The van der Waals surface area contributed by atoms with Crippen LogP contribution < -0.4 is 5.48 Å². The molecule has 0 bridgehead atoms. The summed E-state index contributed by atoms with van der Waals surface area (Å²) in [6.07, 6.45) is 0. The molecule has 1 aromatic carbocycles. The minimum Gasteiger partial charge on any atom is -0.636 e. The Morgan fingerprint density at radius 1 is 1.50 bits per heavy atom. The molecule has 1 aromatic rings. The molecule has 0 aliphatic rings. The lowest BCUT2D eigenvalue weighted by Crippen LogP contribution is -2.75. The minimum absolute atomic E-state index is 0.529. The molecule has 2 N–H and O–H groups in total. The molecule has 2 heteroatoms. The number of benzene rings is 1. The van der Waals surface area contributed by atoms with E-state index in [-0.39, 0.29) is 0 Å². The fraction of sp³-hybridized carbons (Fsp3) is 0.250. The molecule has 0 spiro atoms.